The summed E-state index contributed by atoms with van der Waals surface area (Å²) in [5.41, 5.74) is 0.701. The van der Waals surface area contributed by atoms with Crippen molar-refractivity contribution in [2.75, 3.05) is 7.11 Å². The molecule has 0 aliphatic heterocycles. The Morgan fingerprint density at radius 3 is 2.45 bits per heavy atom. The molecule has 110 valence electrons. The summed E-state index contributed by atoms with van der Waals surface area (Å²) in [5.74, 6) is -1.45. The van der Waals surface area contributed by atoms with Gasteiger partial charge in [0.25, 0.3) is 5.91 Å². The van der Waals surface area contributed by atoms with Gasteiger partial charge in [-0.1, -0.05) is 50.1 Å². The summed E-state index contributed by atoms with van der Waals surface area (Å²) < 4.78 is 5.18. The number of carboxylic acid groups (broad SMARTS) is 1. The molecule has 5 heteroatoms. The molecule has 0 radical (unpaired) electrons. The van der Waals surface area contributed by atoms with Crippen LogP contribution in [0.25, 0.3) is 0 Å². The maximum Gasteiger partial charge on any atom is 0.326 e. The summed E-state index contributed by atoms with van der Waals surface area (Å²) in [7, 11) is 1.43. The fourth-order valence-corrected chi connectivity index (χ4v) is 1.94. The standard InChI is InChI=1S/C15H21NO4/c1-3-4-10-12(15(18)19)16-14(17)13(20-2)11-8-6-5-7-9-11/h5-9,12-13H,3-4,10H2,1-2H3,(H,16,17)(H,18,19)/t12-,13?/m0/s1. The van der Waals surface area contributed by atoms with Gasteiger partial charge in [-0.25, -0.2) is 4.79 Å². The van der Waals surface area contributed by atoms with Crippen LogP contribution in [0.3, 0.4) is 0 Å². The fourth-order valence-electron chi connectivity index (χ4n) is 1.94. The minimum absolute atomic E-state index is 0.419. The molecule has 0 spiro atoms. The second-order valence-corrected chi connectivity index (χ2v) is 4.57. The summed E-state index contributed by atoms with van der Waals surface area (Å²) >= 11 is 0. The van der Waals surface area contributed by atoms with Crippen LogP contribution < -0.4 is 5.32 Å². The first-order valence-corrected chi connectivity index (χ1v) is 6.71. The van der Waals surface area contributed by atoms with Crippen LogP contribution in [0.1, 0.15) is 37.9 Å². The van der Waals surface area contributed by atoms with Gasteiger partial charge in [-0.2, -0.15) is 0 Å². The van der Waals surface area contributed by atoms with Gasteiger partial charge < -0.3 is 15.2 Å². The molecule has 0 fully saturated rings. The third kappa shape index (κ3) is 4.66. The van der Waals surface area contributed by atoms with Crippen molar-refractivity contribution >= 4 is 11.9 Å². The molecule has 0 saturated carbocycles. The highest BCUT2D eigenvalue weighted by molar-refractivity contribution is 5.87. The maximum absolute atomic E-state index is 12.2. The number of carboxylic acids is 1. The number of methoxy groups -OCH3 is 1. The van der Waals surface area contributed by atoms with Gasteiger partial charge in [0.1, 0.15) is 6.04 Å². The zero-order valence-electron chi connectivity index (χ0n) is 11.8. The number of hydrogen-bond acceptors (Lipinski definition) is 3. The van der Waals surface area contributed by atoms with Gasteiger partial charge in [0.2, 0.25) is 0 Å². The molecule has 0 aromatic heterocycles. The first-order valence-electron chi connectivity index (χ1n) is 6.71. The number of benzene rings is 1. The summed E-state index contributed by atoms with van der Waals surface area (Å²) in [6.45, 7) is 1.97. The number of nitrogens with one attached hydrogen (secondary N) is 1. The zero-order valence-corrected chi connectivity index (χ0v) is 11.8. The van der Waals surface area contributed by atoms with Crippen LogP contribution in [-0.2, 0) is 14.3 Å². The molecule has 1 rings (SSSR count). The predicted octanol–water partition coefficient (Wildman–Crippen LogP) is 2.13. The van der Waals surface area contributed by atoms with E-state index in [2.05, 4.69) is 5.32 Å². The van der Waals surface area contributed by atoms with Crippen molar-refractivity contribution in [2.24, 2.45) is 0 Å². The maximum atomic E-state index is 12.2. The average Bonchev–Trinajstić information content (AvgIpc) is 2.45. The van der Waals surface area contributed by atoms with Crippen LogP contribution in [0.5, 0.6) is 0 Å². The fraction of sp³-hybridized carbons (Fsp3) is 0.467. The van der Waals surface area contributed by atoms with Crippen molar-refractivity contribution in [3.63, 3.8) is 0 Å². The number of amides is 1. The third-order valence-electron chi connectivity index (χ3n) is 3.04. The van der Waals surface area contributed by atoms with Crippen molar-refractivity contribution in [3.05, 3.63) is 35.9 Å². The van der Waals surface area contributed by atoms with Gasteiger partial charge in [0.05, 0.1) is 0 Å². The second-order valence-electron chi connectivity index (χ2n) is 4.57. The van der Waals surface area contributed by atoms with E-state index in [9.17, 15) is 9.59 Å². The van der Waals surface area contributed by atoms with Crippen molar-refractivity contribution in [1.82, 2.24) is 5.32 Å². The highest BCUT2D eigenvalue weighted by Gasteiger charge is 2.25. The molecule has 2 atom stereocenters. The predicted molar refractivity (Wildman–Crippen MR) is 75.3 cm³/mol. The number of unbranched alkanes of at least 4 members (excludes halogenated alkanes) is 1. The van der Waals surface area contributed by atoms with Crippen molar-refractivity contribution in [2.45, 2.75) is 38.3 Å². The second kappa shape index (κ2) is 8.32. The van der Waals surface area contributed by atoms with Crippen LogP contribution in [0.4, 0.5) is 0 Å². The van der Waals surface area contributed by atoms with Crippen LogP contribution in [-0.4, -0.2) is 30.1 Å². The molecule has 0 bridgehead atoms. The van der Waals surface area contributed by atoms with E-state index < -0.39 is 24.0 Å². The number of ether oxygens (including phenoxy) is 1. The molecule has 0 heterocycles. The van der Waals surface area contributed by atoms with Gasteiger partial charge in [-0.3, -0.25) is 4.79 Å². The molecule has 1 aromatic rings. The minimum Gasteiger partial charge on any atom is -0.480 e. The Morgan fingerprint density at radius 1 is 1.30 bits per heavy atom. The normalized spacial score (nSPS) is 13.5. The van der Waals surface area contributed by atoms with E-state index in [0.29, 0.717) is 12.0 Å². The molecular formula is C15H21NO4. The van der Waals surface area contributed by atoms with Crippen LogP contribution >= 0.6 is 0 Å². The first-order chi connectivity index (χ1) is 9.60. The van der Waals surface area contributed by atoms with Crippen LogP contribution in [0.15, 0.2) is 30.3 Å². The topological polar surface area (TPSA) is 75.6 Å². The Morgan fingerprint density at radius 2 is 1.95 bits per heavy atom. The van der Waals surface area contributed by atoms with E-state index >= 15 is 0 Å². The lowest BCUT2D eigenvalue weighted by Gasteiger charge is -2.19. The lowest BCUT2D eigenvalue weighted by atomic mass is 10.1. The molecule has 20 heavy (non-hydrogen) atoms. The van der Waals surface area contributed by atoms with Crippen molar-refractivity contribution in [3.8, 4) is 0 Å². The number of hydrogen-bond donors (Lipinski definition) is 2. The summed E-state index contributed by atoms with van der Waals surface area (Å²) in [4.78, 5) is 23.3. The molecule has 0 aliphatic carbocycles. The number of aliphatic carboxylic acids is 1. The monoisotopic (exact) mass is 279 g/mol. The van der Waals surface area contributed by atoms with Gasteiger partial charge in [-0.05, 0) is 12.0 Å². The molecule has 1 unspecified atom stereocenters. The quantitative estimate of drug-likeness (QED) is 0.764. The summed E-state index contributed by atoms with van der Waals surface area (Å²) in [5, 5.41) is 11.7. The molecule has 1 amide bonds. The number of rotatable bonds is 8. The lowest BCUT2D eigenvalue weighted by molar-refractivity contribution is -0.144. The molecule has 0 saturated heterocycles. The smallest absolute Gasteiger partial charge is 0.326 e. The van der Waals surface area contributed by atoms with E-state index in [-0.39, 0.29) is 0 Å². The van der Waals surface area contributed by atoms with Crippen LogP contribution in [0.2, 0.25) is 0 Å². The first kappa shape index (κ1) is 16.2. The van der Waals surface area contributed by atoms with Gasteiger partial charge in [0.15, 0.2) is 6.10 Å². The number of carbonyl (C=O) groups is 2. The van der Waals surface area contributed by atoms with E-state index in [1.54, 1.807) is 24.3 Å². The third-order valence-corrected chi connectivity index (χ3v) is 3.04. The molecule has 5 nitrogen and oxygen atoms in total. The Labute approximate surface area is 118 Å². The highest BCUT2D eigenvalue weighted by Crippen LogP contribution is 2.16. The molecular weight excluding hydrogens is 258 g/mol. The van der Waals surface area contributed by atoms with Gasteiger partial charge in [0, 0.05) is 7.11 Å². The lowest BCUT2D eigenvalue weighted by Crippen LogP contribution is -2.43. The largest absolute Gasteiger partial charge is 0.480 e. The SMILES string of the molecule is CCCC[C@H](NC(=O)C(OC)c1ccccc1)C(=O)O. The van der Waals surface area contributed by atoms with E-state index in [0.717, 1.165) is 12.8 Å². The van der Waals surface area contributed by atoms with Gasteiger partial charge >= 0.3 is 5.97 Å². The Bertz CT molecular complexity index is 433. The Balaban J connectivity index is 2.73. The number of carbonyl (C=O) groups excluding carboxylic acids is 1. The van der Waals surface area contributed by atoms with E-state index in [4.69, 9.17) is 9.84 Å². The highest BCUT2D eigenvalue weighted by atomic mass is 16.5. The molecule has 0 aliphatic rings. The van der Waals surface area contributed by atoms with Gasteiger partial charge in [-0.15, -0.1) is 0 Å². The minimum atomic E-state index is -1.02. The molecule has 2 N–H and O–H groups in total. The van der Waals surface area contributed by atoms with Crippen molar-refractivity contribution < 1.29 is 19.4 Å². The van der Waals surface area contributed by atoms with Crippen LogP contribution in [0, 0.1) is 0 Å². The average molecular weight is 279 g/mol. The summed E-state index contributed by atoms with van der Waals surface area (Å²) in [6, 6.07) is 8.13. The summed E-state index contributed by atoms with van der Waals surface area (Å²) in [6.07, 6.45) is 1.26. The molecule has 1 aromatic carbocycles. The van der Waals surface area contributed by atoms with E-state index in [1.165, 1.54) is 7.11 Å². The Hall–Kier alpha value is -1.88. The van der Waals surface area contributed by atoms with Crippen molar-refractivity contribution in [1.29, 1.82) is 0 Å². The Kier molecular flexibility index (Phi) is 6.73. The van der Waals surface area contributed by atoms with E-state index in [1.807, 2.05) is 13.0 Å². The zero-order chi connectivity index (χ0) is 15.0.